The first kappa shape index (κ1) is 22.9. The van der Waals surface area contributed by atoms with E-state index in [1.165, 1.54) is 28.0 Å². The average molecular weight is 507 g/mol. The normalized spacial score (nSPS) is 15.2. The number of nitriles is 1. The molecule has 1 N–H and O–H groups in total. The lowest BCUT2D eigenvalue weighted by atomic mass is 9.89. The second-order valence-electron chi connectivity index (χ2n) is 7.53. The van der Waals surface area contributed by atoms with Gasteiger partial charge in [0.15, 0.2) is 6.61 Å². The summed E-state index contributed by atoms with van der Waals surface area (Å²) in [5.74, 6) is -0.158. The van der Waals surface area contributed by atoms with Crippen LogP contribution < -0.4 is 5.32 Å². The van der Waals surface area contributed by atoms with E-state index in [0.717, 1.165) is 45.3 Å². The molecule has 0 saturated carbocycles. The largest absolute Gasteiger partial charge is 0.455 e. The monoisotopic (exact) mass is 506 g/mol. The van der Waals surface area contributed by atoms with Crippen molar-refractivity contribution in [1.82, 2.24) is 0 Å². The van der Waals surface area contributed by atoms with Crippen molar-refractivity contribution < 1.29 is 14.3 Å². The van der Waals surface area contributed by atoms with Crippen molar-refractivity contribution in [1.29, 1.82) is 5.26 Å². The van der Waals surface area contributed by atoms with Crippen molar-refractivity contribution in [2.45, 2.75) is 44.9 Å². The summed E-state index contributed by atoms with van der Waals surface area (Å²) < 4.78 is 6.16. The highest BCUT2D eigenvalue weighted by Crippen LogP contribution is 2.39. The van der Waals surface area contributed by atoms with Gasteiger partial charge in [-0.1, -0.05) is 22.9 Å². The molecule has 0 radical (unpaired) electrons. The second kappa shape index (κ2) is 9.99. The van der Waals surface area contributed by atoms with E-state index < -0.39 is 11.9 Å². The lowest BCUT2D eigenvalue weighted by Crippen LogP contribution is -2.21. The Kier molecular flexibility index (Phi) is 7.61. The van der Waals surface area contributed by atoms with Crippen molar-refractivity contribution in [3.8, 4) is 6.07 Å². The minimum Gasteiger partial charge on any atom is -0.455 e. The number of esters is 1. The number of ether oxygens (including phenoxy) is 1. The van der Waals surface area contributed by atoms with Crippen LogP contribution in [0.15, 0.2) is 21.5 Å². The number of hydrogen-bond acceptors (Lipinski definition) is 6. The summed E-state index contributed by atoms with van der Waals surface area (Å²) in [6, 6.07) is 6.26. The number of nitrogens with one attached hydrogen (secondary N) is 1. The summed E-state index contributed by atoms with van der Waals surface area (Å²) in [5.41, 5.74) is 3.78. The third-order valence-corrected chi connectivity index (χ3v) is 8.20. The third kappa shape index (κ3) is 5.45. The van der Waals surface area contributed by atoms with Gasteiger partial charge < -0.3 is 10.1 Å². The van der Waals surface area contributed by atoms with Gasteiger partial charge in [0.1, 0.15) is 11.1 Å². The van der Waals surface area contributed by atoms with Gasteiger partial charge in [-0.05, 0) is 67.9 Å². The molecule has 5 nitrogen and oxygen atoms in total. The fourth-order valence-corrected chi connectivity index (χ4v) is 6.09. The fraction of sp³-hybridized carbons (Fsp3) is 0.409. The van der Waals surface area contributed by atoms with Gasteiger partial charge in [-0.3, -0.25) is 9.59 Å². The molecule has 0 saturated heterocycles. The highest BCUT2D eigenvalue weighted by Gasteiger charge is 2.24. The number of aryl methyl sites for hydroxylation is 2. The maximum atomic E-state index is 12.3. The molecule has 1 heterocycles. The third-order valence-electron chi connectivity index (χ3n) is 5.04. The maximum absolute atomic E-state index is 12.3. The van der Waals surface area contributed by atoms with Gasteiger partial charge in [0.25, 0.3) is 5.91 Å². The fourth-order valence-electron chi connectivity index (χ4n) is 3.35. The van der Waals surface area contributed by atoms with E-state index in [1.807, 2.05) is 26.0 Å². The minimum atomic E-state index is -0.449. The Morgan fingerprint density at radius 1 is 1.37 bits per heavy atom. The maximum Gasteiger partial charge on any atom is 0.316 e. The summed E-state index contributed by atoms with van der Waals surface area (Å²) >= 11 is 6.35. The summed E-state index contributed by atoms with van der Waals surface area (Å²) in [6.07, 6.45) is 2.86. The molecule has 30 heavy (non-hydrogen) atoms. The van der Waals surface area contributed by atoms with E-state index in [2.05, 4.69) is 34.2 Å². The summed E-state index contributed by atoms with van der Waals surface area (Å²) in [6.45, 7) is 5.82. The number of fused-ring (bicyclic) bond motifs is 1. The molecule has 1 amide bonds. The Labute approximate surface area is 193 Å². The Hall–Kier alpha value is -1.82. The SMILES string of the molecule is Cc1cc(SCC(=O)OCC(=O)Nc2sc3c(c2C#N)CC[C@H](C)C3)c(C)cc1Br. The molecule has 158 valence electrons. The molecule has 1 aliphatic carbocycles. The van der Waals surface area contributed by atoms with Crippen molar-refractivity contribution >= 4 is 55.9 Å². The van der Waals surface area contributed by atoms with E-state index in [0.29, 0.717) is 16.5 Å². The van der Waals surface area contributed by atoms with Gasteiger partial charge in [0.05, 0.1) is 11.3 Å². The molecule has 1 aromatic heterocycles. The molecule has 3 rings (SSSR count). The number of carbonyl (C=O) groups is 2. The van der Waals surface area contributed by atoms with Crippen LogP contribution in [0.4, 0.5) is 5.00 Å². The minimum absolute atomic E-state index is 0.129. The molecule has 2 aromatic rings. The van der Waals surface area contributed by atoms with Crippen LogP contribution in [0.2, 0.25) is 0 Å². The van der Waals surface area contributed by atoms with Gasteiger partial charge in [-0.2, -0.15) is 5.26 Å². The number of carbonyl (C=O) groups excluding carboxylic acids is 2. The van der Waals surface area contributed by atoms with Crippen LogP contribution in [0.3, 0.4) is 0 Å². The Morgan fingerprint density at radius 3 is 2.87 bits per heavy atom. The molecule has 0 aliphatic heterocycles. The van der Waals surface area contributed by atoms with Crippen LogP contribution in [-0.2, 0) is 27.2 Å². The van der Waals surface area contributed by atoms with Gasteiger partial charge in [-0.25, -0.2) is 0 Å². The van der Waals surface area contributed by atoms with Crippen molar-refractivity contribution in [3.63, 3.8) is 0 Å². The topological polar surface area (TPSA) is 79.2 Å². The van der Waals surface area contributed by atoms with Gasteiger partial charge in [0.2, 0.25) is 0 Å². The number of thiophene rings is 1. The molecular formula is C22H23BrN2O3S2. The zero-order chi connectivity index (χ0) is 21.8. The molecule has 1 aliphatic rings. The number of nitrogens with zero attached hydrogens (tertiary/aromatic N) is 1. The van der Waals surface area contributed by atoms with Crippen LogP contribution in [-0.4, -0.2) is 24.2 Å². The first-order chi connectivity index (χ1) is 14.3. The predicted molar refractivity (Wildman–Crippen MR) is 124 cm³/mol. The summed E-state index contributed by atoms with van der Waals surface area (Å²) in [4.78, 5) is 26.5. The quantitative estimate of drug-likeness (QED) is 0.419. The van der Waals surface area contributed by atoms with E-state index in [4.69, 9.17) is 4.74 Å². The molecule has 0 fully saturated rings. The zero-order valence-corrected chi connectivity index (χ0v) is 20.4. The zero-order valence-electron chi connectivity index (χ0n) is 17.1. The lowest BCUT2D eigenvalue weighted by Gasteiger charge is -2.17. The number of hydrogen-bond donors (Lipinski definition) is 1. The first-order valence-corrected chi connectivity index (χ1v) is 12.3. The molecule has 1 atom stereocenters. The molecule has 1 aromatic carbocycles. The molecule has 0 bridgehead atoms. The van der Waals surface area contributed by atoms with E-state index >= 15 is 0 Å². The lowest BCUT2D eigenvalue weighted by molar-refractivity contribution is -0.144. The highest BCUT2D eigenvalue weighted by molar-refractivity contribution is 9.10. The molecule has 0 spiro atoms. The second-order valence-corrected chi connectivity index (χ2v) is 10.5. The van der Waals surface area contributed by atoms with Crippen LogP contribution >= 0.6 is 39.0 Å². The van der Waals surface area contributed by atoms with E-state index in [1.54, 1.807) is 0 Å². The van der Waals surface area contributed by atoms with Crippen LogP contribution in [0.25, 0.3) is 0 Å². The number of thioether (sulfide) groups is 1. The smallest absolute Gasteiger partial charge is 0.316 e. The molecular weight excluding hydrogens is 484 g/mol. The first-order valence-electron chi connectivity index (χ1n) is 9.68. The molecule has 0 unspecified atom stereocenters. The number of benzene rings is 1. The van der Waals surface area contributed by atoms with Crippen molar-refractivity contribution in [2.75, 3.05) is 17.7 Å². The Bertz CT molecular complexity index is 1030. The number of halogens is 1. The average Bonchev–Trinajstić information content (AvgIpc) is 3.03. The van der Waals surface area contributed by atoms with Crippen LogP contribution in [0.5, 0.6) is 0 Å². The van der Waals surface area contributed by atoms with Gasteiger partial charge >= 0.3 is 5.97 Å². The van der Waals surface area contributed by atoms with Crippen molar-refractivity contribution in [2.24, 2.45) is 5.92 Å². The predicted octanol–water partition coefficient (Wildman–Crippen LogP) is 5.40. The van der Waals surface area contributed by atoms with E-state index in [-0.39, 0.29) is 12.4 Å². The Balaban J connectivity index is 1.52. The summed E-state index contributed by atoms with van der Waals surface area (Å²) in [5, 5.41) is 12.8. The number of amides is 1. The standard InChI is InChI=1S/C22H23BrN2O3S2/c1-12-4-5-15-16(9-24)22(30-19(15)6-12)25-20(26)10-28-21(27)11-29-18-8-13(2)17(23)7-14(18)3/h7-8,12H,4-6,10-11H2,1-3H3,(H,25,26)/t12-/m0/s1. The number of rotatable bonds is 6. The molecule has 8 heteroatoms. The summed E-state index contributed by atoms with van der Waals surface area (Å²) in [7, 11) is 0. The van der Waals surface area contributed by atoms with Crippen molar-refractivity contribution in [3.05, 3.63) is 43.7 Å². The Morgan fingerprint density at radius 2 is 2.13 bits per heavy atom. The van der Waals surface area contributed by atoms with Gasteiger partial charge in [0, 0.05) is 14.2 Å². The van der Waals surface area contributed by atoms with Crippen LogP contribution in [0, 0.1) is 31.1 Å². The van der Waals surface area contributed by atoms with Gasteiger partial charge in [-0.15, -0.1) is 23.1 Å². The number of anilines is 1. The van der Waals surface area contributed by atoms with E-state index in [9.17, 15) is 14.9 Å². The van der Waals surface area contributed by atoms with Crippen LogP contribution in [0.1, 0.15) is 40.5 Å². The highest BCUT2D eigenvalue weighted by atomic mass is 79.9.